The summed E-state index contributed by atoms with van der Waals surface area (Å²) in [5, 5.41) is 2.85. The summed E-state index contributed by atoms with van der Waals surface area (Å²) in [4.78, 5) is 12.6. The van der Waals surface area contributed by atoms with E-state index in [0.717, 1.165) is 11.3 Å². The van der Waals surface area contributed by atoms with E-state index in [1.54, 1.807) is 24.3 Å². The highest BCUT2D eigenvalue weighted by Crippen LogP contribution is 2.39. The van der Waals surface area contributed by atoms with E-state index in [0.29, 0.717) is 22.3 Å². The number of para-hydroxylation sites is 1. The Morgan fingerprint density at radius 2 is 1.24 bits per heavy atom. The molecule has 2 nitrogen and oxygen atoms in total. The lowest BCUT2D eigenvalue weighted by atomic mass is 9.90. The van der Waals surface area contributed by atoms with Gasteiger partial charge in [0.05, 0.1) is 5.57 Å². The molecule has 0 bridgehead atoms. The number of amides is 1. The molecule has 0 radical (unpaired) electrons. The molecule has 0 atom stereocenters. The van der Waals surface area contributed by atoms with Gasteiger partial charge in [-0.3, -0.25) is 4.79 Å². The zero-order valence-corrected chi connectivity index (χ0v) is 13.1. The molecule has 122 valence electrons. The standard InChI is InChI=1S/C21H13F2NO/c22-15-9-5-13(6-10-15)19(14-7-11-16(23)12-8-14)20-17-3-1-2-4-18(17)24-21(20)25/h1-12H,(H,24,25). The highest BCUT2D eigenvalue weighted by atomic mass is 19.1. The number of benzene rings is 3. The highest BCUT2D eigenvalue weighted by Gasteiger charge is 2.28. The molecule has 3 aromatic rings. The van der Waals surface area contributed by atoms with Gasteiger partial charge >= 0.3 is 0 Å². The first-order valence-corrected chi connectivity index (χ1v) is 7.80. The summed E-state index contributed by atoms with van der Waals surface area (Å²) in [5.41, 5.74) is 4.02. The molecule has 0 fully saturated rings. The van der Waals surface area contributed by atoms with Gasteiger partial charge in [0, 0.05) is 16.8 Å². The van der Waals surface area contributed by atoms with Crippen LogP contribution in [0.15, 0.2) is 72.8 Å². The number of anilines is 1. The molecule has 1 N–H and O–H groups in total. The molecule has 1 amide bonds. The van der Waals surface area contributed by atoms with Gasteiger partial charge in [-0.2, -0.15) is 0 Å². The van der Waals surface area contributed by atoms with E-state index in [1.165, 1.54) is 24.3 Å². The van der Waals surface area contributed by atoms with Crippen molar-refractivity contribution in [1.29, 1.82) is 0 Å². The number of halogens is 2. The van der Waals surface area contributed by atoms with Gasteiger partial charge in [-0.25, -0.2) is 8.78 Å². The predicted octanol–water partition coefficient (Wildman–Crippen LogP) is 4.88. The van der Waals surface area contributed by atoms with Crippen LogP contribution in [0.1, 0.15) is 16.7 Å². The number of nitrogens with one attached hydrogen (secondary N) is 1. The van der Waals surface area contributed by atoms with Crippen LogP contribution in [0.2, 0.25) is 0 Å². The zero-order chi connectivity index (χ0) is 17.4. The van der Waals surface area contributed by atoms with Crippen molar-refractivity contribution in [2.75, 3.05) is 5.32 Å². The lowest BCUT2D eigenvalue weighted by molar-refractivity contribution is -0.110. The summed E-state index contributed by atoms with van der Waals surface area (Å²) < 4.78 is 26.7. The molecule has 0 aliphatic carbocycles. The summed E-state index contributed by atoms with van der Waals surface area (Å²) in [6, 6.07) is 19.2. The Morgan fingerprint density at radius 3 is 1.80 bits per heavy atom. The molecule has 0 spiro atoms. The Labute approximate surface area is 143 Å². The summed E-state index contributed by atoms with van der Waals surface area (Å²) >= 11 is 0. The molecule has 4 heteroatoms. The second-order valence-corrected chi connectivity index (χ2v) is 5.76. The van der Waals surface area contributed by atoms with Crippen molar-refractivity contribution in [3.05, 3.63) is 101 Å². The third-order valence-electron chi connectivity index (χ3n) is 4.19. The van der Waals surface area contributed by atoms with Gasteiger partial charge in [-0.05, 0) is 41.5 Å². The van der Waals surface area contributed by atoms with Crippen LogP contribution in [0, 0.1) is 11.6 Å². The van der Waals surface area contributed by atoms with Crippen LogP contribution in [0.25, 0.3) is 11.1 Å². The maximum atomic E-state index is 13.4. The molecule has 25 heavy (non-hydrogen) atoms. The van der Waals surface area contributed by atoms with Crippen LogP contribution in [-0.2, 0) is 4.79 Å². The Kier molecular flexibility index (Phi) is 3.65. The van der Waals surface area contributed by atoms with Crippen molar-refractivity contribution in [1.82, 2.24) is 0 Å². The van der Waals surface area contributed by atoms with Crippen LogP contribution in [-0.4, -0.2) is 5.91 Å². The Morgan fingerprint density at radius 1 is 0.720 bits per heavy atom. The second-order valence-electron chi connectivity index (χ2n) is 5.76. The van der Waals surface area contributed by atoms with Crippen molar-refractivity contribution in [2.45, 2.75) is 0 Å². The molecule has 3 aromatic carbocycles. The molecular weight excluding hydrogens is 320 g/mol. The van der Waals surface area contributed by atoms with Crippen molar-refractivity contribution in [2.24, 2.45) is 0 Å². The van der Waals surface area contributed by atoms with E-state index in [9.17, 15) is 13.6 Å². The summed E-state index contributed by atoms with van der Waals surface area (Å²) in [6.45, 7) is 0. The lowest BCUT2D eigenvalue weighted by Crippen LogP contribution is -2.06. The van der Waals surface area contributed by atoms with E-state index in [4.69, 9.17) is 0 Å². The fourth-order valence-electron chi connectivity index (χ4n) is 3.05. The molecule has 1 heterocycles. The van der Waals surface area contributed by atoms with Gasteiger partial charge in [0.25, 0.3) is 5.91 Å². The summed E-state index contributed by atoms with van der Waals surface area (Å²) in [6.07, 6.45) is 0. The van der Waals surface area contributed by atoms with E-state index >= 15 is 0 Å². The van der Waals surface area contributed by atoms with Crippen molar-refractivity contribution in [3.63, 3.8) is 0 Å². The first kappa shape index (κ1) is 15.3. The number of hydrogen-bond donors (Lipinski definition) is 1. The maximum Gasteiger partial charge on any atom is 0.257 e. The van der Waals surface area contributed by atoms with Crippen LogP contribution in [0.3, 0.4) is 0 Å². The van der Waals surface area contributed by atoms with Gasteiger partial charge in [0.2, 0.25) is 0 Å². The fraction of sp³-hybridized carbons (Fsp3) is 0. The number of rotatable bonds is 2. The molecule has 1 aliphatic heterocycles. The Balaban J connectivity index is 2.02. The largest absolute Gasteiger partial charge is 0.321 e. The van der Waals surface area contributed by atoms with Gasteiger partial charge < -0.3 is 5.32 Å². The minimum absolute atomic E-state index is 0.232. The van der Waals surface area contributed by atoms with Crippen LogP contribution in [0.4, 0.5) is 14.5 Å². The minimum Gasteiger partial charge on any atom is -0.321 e. The minimum atomic E-state index is -0.358. The Bertz CT molecular complexity index is 942. The molecule has 4 rings (SSSR count). The molecule has 0 saturated carbocycles. The molecule has 0 saturated heterocycles. The molecule has 1 aliphatic rings. The lowest BCUT2D eigenvalue weighted by Gasteiger charge is -2.12. The van der Waals surface area contributed by atoms with Crippen LogP contribution >= 0.6 is 0 Å². The van der Waals surface area contributed by atoms with Gasteiger partial charge in [0.15, 0.2) is 0 Å². The average Bonchev–Trinajstić information content (AvgIpc) is 2.95. The molecule has 0 aromatic heterocycles. The van der Waals surface area contributed by atoms with Gasteiger partial charge in [-0.15, -0.1) is 0 Å². The summed E-state index contributed by atoms with van der Waals surface area (Å²) in [7, 11) is 0. The van der Waals surface area contributed by atoms with Gasteiger partial charge in [-0.1, -0.05) is 42.5 Å². The highest BCUT2D eigenvalue weighted by molar-refractivity contribution is 6.38. The van der Waals surface area contributed by atoms with Crippen molar-refractivity contribution < 1.29 is 13.6 Å². The van der Waals surface area contributed by atoms with Crippen LogP contribution in [0.5, 0.6) is 0 Å². The Hall–Kier alpha value is -3.27. The van der Waals surface area contributed by atoms with E-state index in [1.807, 2.05) is 24.3 Å². The summed E-state index contributed by atoms with van der Waals surface area (Å²) in [5.74, 6) is -0.947. The topological polar surface area (TPSA) is 29.1 Å². The first-order chi connectivity index (χ1) is 12.1. The molecule has 0 unspecified atom stereocenters. The third kappa shape index (κ3) is 2.72. The van der Waals surface area contributed by atoms with Crippen molar-refractivity contribution in [3.8, 4) is 0 Å². The van der Waals surface area contributed by atoms with E-state index < -0.39 is 0 Å². The zero-order valence-electron chi connectivity index (χ0n) is 13.1. The monoisotopic (exact) mass is 333 g/mol. The average molecular weight is 333 g/mol. The normalized spacial score (nSPS) is 12.7. The maximum absolute atomic E-state index is 13.4. The third-order valence-corrected chi connectivity index (χ3v) is 4.19. The van der Waals surface area contributed by atoms with E-state index in [2.05, 4.69) is 5.32 Å². The van der Waals surface area contributed by atoms with Crippen molar-refractivity contribution >= 4 is 22.7 Å². The first-order valence-electron chi connectivity index (χ1n) is 7.80. The smallest absolute Gasteiger partial charge is 0.257 e. The van der Waals surface area contributed by atoms with E-state index in [-0.39, 0.29) is 17.5 Å². The predicted molar refractivity (Wildman–Crippen MR) is 93.8 cm³/mol. The number of hydrogen-bond acceptors (Lipinski definition) is 1. The quantitative estimate of drug-likeness (QED) is 0.666. The van der Waals surface area contributed by atoms with Crippen LogP contribution < -0.4 is 5.32 Å². The molecular formula is C21H13F2NO. The van der Waals surface area contributed by atoms with Gasteiger partial charge in [0.1, 0.15) is 11.6 Å². The SMILES string of the molecule is O=C1Nc2ccccc2C1=C(c1ccc(F)cc1)c1ccc(F)cc1. The second kappa shape index (κ2) is 5.98. The number of fused-ring (bicyclic) bond motifs is 1. The number of carbonyl (C=O) groups is 1. The fourth-order valence-corrected chi connectivity index (χ4v) is 3.05. The number of carbonyl (C=O) groups excluding carboxylic acids is 1.